The van der Waals surface area contributed by atoms with Gasteiger partial charge in [-0.1, -0.05) is 24.3 Å². The van der Waals surface area contributed by atoms with Gasteiger partial charge in [0.1, 0.15) is 0 Å². The van der Waals surface area contributed by atoms with Gasteiger partial charge in [0.25, 0.3) is 0 Å². The first-order valence-electron chi connectivity index (χ1n) is 5.41. The molecule has 1 aromatic carbocycles. The van der Waals surface area contributed by atoms with Crippen LogP contribution in [0, 0.1) is 6.92 Å². The molecule has 1 nitrogen and oxygen atoms in total. The number of aryl methyl sites for hydroxylation is 1. The maximum atomic E-state index is 11.3. The minimum atomic E-state index is -0.275. The van der Waals surface area contributed by atoms with Crippen molar-refractivity contribution in [2.75, 3.05) is 0 Å². The first kappa shape index (κ1) is 10.7. The van der Waals surface area contributed by atoms with Crippen LogP contribution in [0.2, 0.25) is 0 Å². The number of rotatable bonds is 1. The summed E-state index contributed by atoms with van der Waals surface area (Å²) in [6.45, 7) is 2.12. The summed E-state index contributed by atoms with van der Waals surface area (Å²) in [5, 5.41) is -0.275. The molecule has 2 rings (SSSR count). The Labute approximate surface area is 95.4 Å². The van der Waals surface area contributed by atoms with Crippen molar-refractivity contribution >= 4 is 17.4 Å². The van der Waals surface area contributed by atoms with Gasteiger partial charge in [-0.25, -0.2) is 0 Å². The van der Waals surface area contributed by atoms with Gasteiger partial charge in [0.2, 0.25) is 0 Å². The summed E-state index contributed by atoms with van der Waals surface area (Å²) >= 11 is 6.01. The Kier molecular flexibility index (Phi) is 3.11. The third-order valence-corrected chi connectivity index (χ3v) is 3.63. The summed E-state index contributed by atoms with van der Waals surface area (Å²) in [6.07, 6.45) is 2.38. The molecule has 0 aliphatic heterocycles. The van der Waals surface area contributed by atoms with Crippen LogP contribution in [0.3, 0.4) is 0 Å². The number of ketones is 1. The summed E-state index contributed by atoms with van der Waals surface area (Å²) < 4.78 is 0. The normalized spacial score (nSPS) is 26.7. The number of Topliss-reactive ketones (excluding diaryl/α,β-unsaturated/α-hetero) is 1. The van der Waals surface area contributed by atoms with Gasteiger partial charge in [-0.3, -0.25) is 4.79 Å². The summed E-state index contributed by atoms with van der Waals surface area (Å²) in [7, 11) is 0. The highest BCUT2D eigenvalue weighted by molar-refractivity contribution is 6.31. The molecule has 0 bridgehead atoms. The molecule has 0 radical (unpaired) electrons. The highest BCUT2D eigenvalue weighted by Gasteiger charge is 2.28. The lowest BCUT2D eigenvalue weighted by Crippen LogP contribution is -2.24. The molecule has 1 fully saturated rings. The molecule has 2 atom stereocenters. The van der Waals surface area contributed by atoms with E-state index in [1.165, 1.54) is 11.1 Å². The Bertz CT molecular complexity index is 373. The molecule has 0 saturated heterocycles. The third kappa shape index (κ3) is 2.23. The molecule has 1 aromatic rings. The van der Waals surface area contributed by atoms with Crippen LogP contribution in [0.15, 0.2) is 24.3 Å². The molecule has 80 valence electrons. The molecule has 2 heteroatoms. The standard InChI is InChI=1S/C13H15ClO/c1-9-4-2-3-5-11(9)10-6-7-13(15)12(14)8-10/h2-5,10,12H,6-8H2,1H3. The summed E-state index contributed by atoms with van der Waals surface area (Å²) in [4.78, 5) is 11.3. The minimum Gasteiger partial charge on any atom is -0.298 e. The van der Waals surface area contributed by atoms with Gasteiger partial charge in [-0.15, -0.1) is 11.6 Å². The average molecular weight is 223 g/mol. The van der Waals surface area contributed by atoms with Crippen molar-refractivity contribution in [2.24, 2.45) is 0 Å². The van der Waals surface area contributed by atoms with E-state index in [-0.39, 0.29) is 11.2 Å². The number of hydrogen-bond acceptors (Lipinski definition) is 1. The van der Waals surface area contributed by atoms with Crippen molar-refractivity contribution in [3.8, 4) is 0 Å². The van der Waals surface area contributed by atoms with Crippen LogP contribution in [0.25, 0.3) is 0 Å². The second-order valence-corrected chi connectivity index (χ2v) is 4.79. The van der Waals surface area contributed by atoms with Gasteiger partial charge in [-0.2, -0.15) is 0 Å². The van der Waals surface area contributed by atoms with Crippen molar-refractivity contribution in [1.82, 2.24) is 0 Å². The van der Waals surface area contributed by atoms with Crippen molar-refractivity contribution in [1.29, 1.82) is 0 Å². The summed E-state index contributed by atoms with van der Waals surface area (Å²) in [5.74, 6) is 0.674. The van der Waals surface area contributed by atoms with E-state index in [1.54, 1.807) is 0 Å². The Morgan fingerprint density at radius 3 is 2.73 bits per heavy atom. The average Bonchev–Trinajstić information content (AvgIpc) is 2.23. The molecule has 2 unspecified atom stereocenters. The quantitative estimate of drug-likeness (QED) is 0.666. The van der Waals surface area contributed by atoms with Gasteiger partial charge in [0.05, 0.1) is 5.38 Å². The Morgan fingerprint density at radius 1 is 1.33 bits per heavy atom. The fourth-order valence-corrected chi connectivity index (χ4v) is 2.62. The predicted molar refractivity (Wildman–Crippen MR) is 62.4 cm³/mol. The van der Waals surface area contributed by atoms with E-state index < -0.39 is 0 Å². The SMILES string of the molecule is Cc1ccccc1C1CCC(=O)C(Cl)C1. The molecule has 0 N–H and O–H groups in total. The maximum absolute atomic E-state index is 11.3. The number of carbonyl (C=O) groups excluding carboxylic acids is 1. The zero-order chi connectivity index (χ0) is 10.8. The molecule has 0 amide bonds. The van der Waals surface area contributed by atoms with Crippen molar-refractivity contribution < 1.29 is 4.79 Å². The highest BCUT2D eigenvalue weighted by atomic mass is 35.5. The van der Waals surface area contributed by atoms with Crippen LogP contribution in [-0.4, -0.2) is 11.2 Å². The number of alkyl halides is 1. The lowest BCUT2D eigenvalue weighted by molar-refractivity contribution is -0.120. The summed E-state index contributed by atoms with van der Waals surface area (Å²) in [6, 6.07) is 8.38. The number of hydrogen-bond donors (Lipinski definition) is 0. The summed E-state index contributed by atoms with van der Waals surface area (Å²) in [5.41, 5.74) is 2.66. The van der Waals surface area contributed by atoms with Crippen molar-refractivity contribution in [3.05, 3.63) is 35.4 Å². The van der Waals surface area contributed by atoms with E-state index in [1.807, 2.05) is 6.07 Å². The van der Waals surface area contributed by atoms with Gasteiger partial charge in [0.15, 0.2) is 5.78 Å². The van der Waals surface area contributed by atoms with E-state index in [0.717, 1.165) is 12.8 Å². The molecular formula is C13H15ClO. The molecular weight excluding hydrogens is 208 g/mol. The van der Waals surface area contributed by atoms with Crippen LogP contribution >= 0.6 is 11.6 Å². The van der Waals surface area contributed by atoms with Crippen LogP contribution in [0.1, 0.15) is 36.3 Å². The molecule has 0 spiro atoms. The Morgan fingerprint density at radius 2 is 2.07 bits per heavy atom. The van der Waals surface area contributed by atoms with E-state index in [0.29, 0.717) is 12.3 Å². The minimum absolute atomic E-state index is 0.210. The topological polar surface area (TPSA) is 17.1 Å². The van der Waals surface area contributed by atoms with Crippen molar-refractivity contribution in [2.45, 2.75) is 37.5 Å². The van der Waals surface area contributed by atoms with Gasteiger partial charge >= 0.3 is 0 Å². The number of benzene rings is 1. The third-order valence-electron chi connectivity index (χ3n) is 3.21. The first-order chi connectivity index (χ1) is 7.18. The van der Waals surface area contributed by atoms with Crippen LogP contribution in [-0.2, 0) is 4.79 Å². The maximum Gasteiger partial charge on any atom is 0.150 e. The number of carbonyl (C=O) groups is 1. The van der Waals surface area contributed by atoms with Gasteiger partial charge < -0.3 is 0 Å². The molecule has 1 saturated carbocycles. The zero-order valence-corrected chi connectivity index (χ0v) is 9.63. The first-order valence-corrected chi connectivity index (χ1v) is 5.84. The fourth-order valence-electron chi connectivity index (χ4n) is 2.30. The molecule has 0 aromatic heterocycles. The van der Waals surface area contributed by atoms with Crippen LogP contribution in [0.4, 0.5) is 0 Å². The molecule has 15 heavy (non-hydrogen) atoms. The lowest BCUT2D eigenvalue weighted by Gasteiger charge is -2.26. The molecule has 1 aliphatic carbocycles. The Balaban J connectivity index is 2.19. The van der Waals surface area contributed by atoms with Crippen LogP contribution < -0.4 is 0 Å². The van der Waals surface area contributed by atoms with E-state index in [9.17, 15) is 4.79 Å². The highest BCUT2D eigenvalue weighted by Crippen LogP contribution is 2.34. The molecule has 0 heterocycles. The van der Waals surface area contributed by atoms with E-state index >= 15 is 0 Å². The van der Waals surface area contributed by atoms with E-state index in [4.69, 9.17) is 11.6 Å². The van der Waals surface area contributed by atoms with Gasteiger partial charge in [-0.05, 0) is 36.8 Å². The second-order valence-electron chi connectivity index (χ2n) is 4.26. The Hall–Kier alpha value is -0.820. The van der Waals surface area contributed by atoms with Crippen molar-refractivity contribution in [3.63, 3.8) is 0 Å². The monoisotopic (exact) mass is 222 g/mol. The lowest BCUT2D eigenvalue weighted by atomic mass is 9.81. The predicted octanol–water partition coefficient (Wildman–Crippen LogP) is 3.44. The second kappa shape index (κ2) is 4.36. The van der Waals surface area contributed by atoms with Gasteiger partial charge in [0, 0.05) is 6.42 Å². The van der Waals surface area contributed by atoms with Crippen LogP contribution in [0.5, 0.6) is 0 Å². The zero-order valence-electron chi connectivity index (χ0n) is 8.87. The van der Waals surface area contributed by atoms with E-state index in [2.05, 4.69) is 25.1 Å². The largest absolute Gasteiger partial charge is 0.298 e. The number of halogens is 1. The fraction of sp³-hybridized carbons (Fsp3) is 0.462. The molecule has 1 aliphatic rings. The smallest absolute Gasteiger partial charge is 0.150 e.